The number of thiophene rings is 1. The van der Waals surface area contributed by atoms with Crippen LogP contribution >= 0.6 is 11.3 Å². The minimum absolute atomic E-state index is 0.359. The van der Waals surface area contributed by atoms with Crippen molar-refractivity contribution >= 4 is 17.3 Å². The third-order valence-corrected chi connectivity index (χ3v) is 2.81. The second kappa shape index (κ2) is 3.86. The first kappa shape index (κ1) is 9.92. The Morgan fingerprint density at radius 3 is 3.00 bits per heavy atom. The van der Waals surface area contributed by atoms with Crippen molar-refractivity contribution in [1.29, 1.82) is 0 Å². The Kier molecular flexibility index (Phi) is 2.55. The van der Waals surface area contributed by atoms with E-state index in [1.54, 1.807) is 18.3 Å². The van der Waals surface area contributed by atoms with Gasteiger partial charge < -0.3 is 4.74 Å². The zero-order valence-corrected chi connectivity index (χ0v) is 9.22. The Labute approximate surface area is 90.9 Å². The summed E-state index contributed by atoms with van der Waals surface area (Å²) >= 11 is 1.57. The van der Waals surface area contributed by atoms with Gasteiger partial charge in [0.1, 0.15) is 11.3 Å². The molecule has 0 aliphatic rings. The van der Waals surface area contributed by atoms with Crippen molar-refractivity contribution in [2.75, 3.05) is 7.11 Å². The molecule has 1 N–H and O–H groups in total. The van der Waals surface area contributed by atoms with Crippen molar-refractivity contribution in [2.24, 2.45) is 0 Å². The molecule has 0 bridgehead atoms. The number of hydrogen-bond acceptors (Lipinski definition) is 4. The Balaban J connectivity index is 2.54. The second-order valence-corrected chi connectivity index (χ2v) is 3.86. The van der Waals surface area contributed by atoms with Gasteiger partial charge in [0.15, 0.2) is 0 Å². The zero-order valence-electron chi connectivity index (χ0n) is 8.40. The quantitative estimate of drug-likeness (QED) is 0.793. The maximum absolute atomic E-state index is 11.5. The fraction of sp³-hybridized carbons (Fsp3) is 0.200. The summed E-state index contributed by atoms with van der Waals surface area (Å²) < 4.78 is 4.72. The molecule has 15 heavy (non-hydrogen) atoms. The highest BCUT2D eigenvalue weighted by Crippen LogP contribution is 2.25. The molecule has 0 atom stereocenters. The first-order valence-electron chi connectivity index (χ1n) is 4.40. The lowest BCUT2D eigenvalue weighted by molar-refractivity contribution is 0.0601. The number of aryl methyl sites for hydroxylation is 1. The molecule has 0 spiro atoms. The summed E-state index contributed by atoms with van der Waals surface area (Å²) in [6, 6.07) is 1.92. The second-order valence-electron chi connectivity index (χ2n) is 3.08. The van der Waals surface area contributed by atoms with Crippen LogP contribution in [0.15, 0.2) is 16.8 Å². The van der Waals surface area contributed by atoms with E-state index in [0.29, 0.717) is 11.3 Å². The molecule has 0 saturated carbocycles. The average molecular weight is 222 g/mol. The van der Waals surface area contributed by atoms with Gasteiger partial charge in [-0.15, -0.1) is 0 Å². The van der Waals surface area contributed by atoms with E-state index in [2.05, 4.69) is 10.2 Å². The van der Waals surface area contributed by atoms with Gasteiger partial charge in [-0.1, -0.05) is 0 Å². The number of nitrogens with zero attached hydrogens (tertiary/aromatic N) is 1. The van der Waals surface area contributed by atoms with Crippen LogP contribution in [0.5, 0.6) is 0 Å². The van der Waals surface area contributed by atoms with E-state index in [4.69, 9.17) is 4.74 Å². The van der Waals surface area contributed by atoms with Crippen LogP contribution in [0.4, 0.5) is 0 Å². The van der Waals surface area contributed by atoms with Gasteiger partial charge in [0.2, 0.25) is 0 Å². The summed E-state index contributed by atoms with van der Waals surface area (Å²) in [7, 11) is 1.37. The standard InChI is InChI=1S/C10H10N2O2S/c1-6-8(10(13)14-2)9(12-11-6)7-3-4-15-5-7/h3-5H,1-2H3,(H,11,12). The molecule has 2 heterocycles. The van der Waals surface area contributed by atoms with Crippen molar-refractivity contribution in [3.05, 3.63) is 28.1 Å². The average Bonchev–Trinajstić information content (AvgIpc) is 2.85. The molecule has 0 aromatic carbocycles. The molecule has 2 rings (SSSR count). The third-order valence-electron chi connectivity index (χ3n) is 2.13. The van der Waals surface area contributed by atoms with Crippen LogP contribution in [0.3, 0.4) is 0 Å². The van der Waals surface area contributed by atoms with E-state index in [0.717, 1.165) is 11.3 Å². The predicted octanol–water partition coefficient (Wildman–Crippen LogP) is 2.23. The first-order chi connectivity index (χ1) is 7.24. The van der Waals surface area contributed by atoms with E-state index >= 15 is 0 Å². The van der Waals surface area contributed by atoms with Gasteiger partial charge >= 0.3 is 5.97 Å². The molecular formula is C10H10N2O2S. The third kappa shape index (κ3) is 1.66. The molecule has 78 valence electrons. The topological polar surface area (TPSA) is 55.0 Å². The summed E-state index contributed by atoms with van der Waals surface area (Å²) in [5, 5.41) is 10.8. The number of hydrogen-bond donors (Lipinski definition) is 1. The molecule has 0 saturated heterocycles. The van der Waals surface area contributed by atoms with Crippen molar-refractivity contribution in [1.82, 2.24) is 10.2 Å². The SMILES string of the molecule is COC(=O)c1c(-c2ccsc2)n[nH]c1C. The number of ether oxygens (including phenoxy) is 1. The number of aromatic nitrogens is 2. The fourth-order valence-corrected chi connectivity index (χ4v) is 2.03. The summed E-state index contributed by atoms with van der Waals surface area (Å²) in [5.41, 5.74) is 2.82. The maximum Gasteiger partial charge on any atom is 0.341 e. The van der Waals surface area contributed by atoms with Crippen LogP contribution in [-0.4, -0.2) is 23.3 Å². The summed E-state index contributed by atoms with van der Waals surface area (Å²) in [4.78, 5) is 11.5. The van der Waals surface area contributed by atoms with Gasteiger partial charge in [-0.05, 0) is 18.4 Å². The van der Waals surface area contributed by atoms with Crippen molar-refractivity contribution in [3.8, 4) is 11.3 Å². The van der Waals surface area contributed by atoms with Gasteiger partial charge in [-0.3, -0.25) is 5.10 Å². The Morgan fingerprint density at radius 1 is 1.60 bits per heavy atom. The molecule has 4 nitrogen and oxygen atoms in total. The van der Waals surface area contributed by atoms with E-state index in [1.807, 2.05) is 16.8 Å². The number of rotatable bonds is 2. The highest BCUT2D eigenvalue weighted by molar-refractivity contribution is 7.08. The number of carbonyl (C=O) groups excluding carboxylic acids is 1. The molecule has 0 fully saturated rings. The maximum atomic E-state index is 11.5. The van der Waals surface area contributed by atoms with Crippen LogP contribution in [0.25, 0.3) is 11.3 Å². The van der Waals surface area contributed by atoms with Gasteiger partial charge in [0.25, 0.3) is 0 Å². The fourth-order valence-electron chi connectivity index (χ4n) is 1.39. The minimum Gasteiger partial charge on any atom is -0.465 e. The number of aromatic amines is 1. The lowest BCUT2D eigenvalue weighted by atomic mass is 10.1. The molecule has 0 aliphatic carbocycles. The zero-order chi connectivity index (χ0) is 10.8. The van der Waals surface area contributed by atoms with E-state index in [-0.39, 0.29) is 5.97 Å². The number of carbonyl (C=O) groups is 1. The van der Waals surface area contributed by atoms with Crippen molar-refractivity contribution < 1.29 is 9.53 Å². The van der Waals surface area contributed by atoms with Crippen molar-refractivity contribution in [3.63, 3.8) is 0 Å². The Morgan fingerprint density at radius 2 is 2.40 bits per heavy atom. The molecule has 2 aromatic heterocycles. The van der Waals surface area contributed by atoms with Gasteiger partial charge in [-0.2, -0.15) is 16.4 Å². The molecular weight excluding hydrogens is 212 g/mol. The van der Waals surface area contributed by atoms with Crippen LogP contribution in [-0.2, 0) is 4.74 Å². The summed E-state index contributed by atoms with van der Waals surface area (Å²) in [6.07, 6.45) is 0. The van der Waals surface area contributed by atoms with Gasteiger partial charge in [0, 0.05) is 16.6 Å². The lowest BCUT2D eigenvalue weighted by Gasteiger charge is -1.99. The predicted molar refractivity (Wildman–Crippen MR) is 58.0 cm³/mol. The largest absolute Gasteiger partial charge is 0.465 e. The van der Waals surface area contributed by atoms with E-state index in [9.17, 15) is 4.79 Å². The number of esters is 1. The van der Waals surface area contributed by atoms with Gasteiger partial charge in [-0.25, -0.2) is 4.79 Å². The van der Waals surface area contributed by atoms with E-state index < -0.39 is 0 Å². The van der Waals surface area contributed by atoms with Crippen LogP contribution in [0.2, 0.25) is 0 Å². The van der Waals surface area contributed by atoms with Crippen LogP contribution < -0.4 is 0 Å². The first-order valence-corrected chi connectivity index (χ1v) is 5.34. The number of methoxy groups -OCH3 is 1. The molecule has 0 aliphatic heterocycles. The van der Waals surface area contributed by atoms with Crippen molar-refractivity contribution in [2.45, 2.75) is 6.92 Å². The van der Waals surface area contributed by atoms with Gasteiger partial charge in [0.05, 0.1) is 7.11 Å². The summed E-state index contributed by atoms with van der Waals surface area (Å²) in [5.74, 6) is -0.359. The smallest absolute Gasteiger partial charge is 0.341 e. The molecule has 0 amide bonds. The van der Waals surface area contributed by atoms with Crippen LogP contribution in [0, 0.1) is 6.92 Å². The molecule has 5 heteroatoms. The Bertz CT molecular complexity index is 474. The highest BCUT2D eigenvalue weighted by atomic mass is 32.1. The molecule has 2 aromatic rings. The highest BCUT2D eigenvalue weighted by Gasteiger charge is 2.19. The summed E-state index contributed by atoms with van der Waals surface area (Å²) in [6.45, 7) is 1.80. The lowest BCUT2D eigenvalue weighted by Crippen LogP contribution is -2.03. The van der Waals surface area contributed by atoms with Crippen LogP contribution in [0.1, 0.15) is 16.1 Å². The molecule has 0 radical (unpaired) electrons. The minimum atomic E-state index is -0.359. The number of H-pyrrole nitrogens is 1. The van der Waals surface area contributed by atoms with E-state index in [1.165, 1.54) is 7.11 Å². The normalized spacial score (nSPS) is 10.3. The Hall–Kier alpha value is -1.62. The monoisotopic (exact) mass is 222 g/mol. The molecule has 0 unspecified atom stereocenters. The number of nitrogens with one attached hydrogen (secondary N) is 1.